The molecule has 20 heavy (non-hydrogen) atoms. The Morgan fingerprint density at radius 3 is 2.80 bits per heavy atom. The van der Waals surface area contributed by atoms with Gasteiger partial charge in [-0.25, -0.2) is 4.79 Å². The number of fused-ring (bicyclic) bond motifs is 1. The average Bonchev–Trinajstić information content (AvgIpc) is 2.44. The number of benzene rings is 1. The van der Waals surface area contributed by atoms with Gasteiger partial charge in [0.15, 0.2) is 0 Å². The fraction of sp³-hybridized carbons (Fsp3) is 0.214. The maximum atomic E-state index is 11.9. The van der Waals surface area contributed by atoms with Crippen molar-refractivity contribution in [3.8, 4) is 0 Å². The summed E-state index contributed by atoms with van der Waals surface area (Å²) in [6, 6.07) is 8.90. The standard InChI is InChI=1S/C14H15N3O3/c1-2-17(9-13(18)19)14(20)16-11-7-10-5-3-4-6-12(10)15-8-11/h3-8H,2,9H2,1H3,(H,16,20)(H,18,19). The number of carbonyl (C=O) groups excluding carboxylic acids is 1. The van der Waals surface area contributed by atoms with Crippen molar-refractivity contribution in [3.63, 3.8) is 0 Å². The molecule has 0 unspecified atom stereocenters. The number of pyridine rings is 1. The second-order valence-electron chi connectivity index (χ2n) is 4.25. The molecule has 0 radical (unpaired) electrons. The summed E-state index contributed by atoms with van der Waals surface area (Å²) in [5.41, 5.74) is 1.38. The van der Waals surface area contributed by atoms with E-state index in [0.717, 1.165) is 10.9 Å². The molecule has 0 aliphatic carbocycles. The molecule has 0 spiro atoms. The number of amides is 2. The van der Waals surface area contributed by atoms with Crippen molar-refractivity contribution in [1.82, 2.24) is 9.88 Å². The Balaban J connectivity index is 2.14. The second kappa shape index (κ2) is 6.01. The third kappa shape index (κ3) is 3.23. The summed E-state index contributed by atoms with van der Waals surface area (Å²) < 4.78 is 0. The van der Waals surface area contributed by atoms with Crippen LogP contribution in [0.3, 0.4) is 0 Å². The molecule has 1 heterocycles. The molecule has 1 aromatic carbocycles. The maximum absolute atomic E-state index is 11.9. The summed E-state index contributed by atoms with van der Waals surface area (Å²) in [4.78, 5) is 28.0. The smallest absolute Gasteiger partial charge is 0.323 e. The van der Waals surface area contributed by atoms with Crippen LogP contribution < -0.4 is 5.32 Å². The van der Waals surface area contributed by atoms with Gasteiger partial charge >= 0.3 is 12.0 Å². The summed E-state index contributed by atoms with van der Waals surface area (Å²) in [6.07, 6.45) is 1.55. The van der Waals surface area contributed by atoms with Crippen molar-refractivity contribution in [3.05, 3.63) is 36.5 Å². The molecule has 0 fully saturated rings. The third-order valence-electron chi connectivity index (χ3n) is 2.84. The highest BCUT2D eigenvalue weighted by molar-refractivity contribution is 5.93. The van der Waals surface area contributed by atoms with Gasteiger partial charge in [0.25, 0.3) is 0 Å². The first-order chi connectivity index (χ1) is 9.60. The van der Waals surface area contributed by atoms with E-state index >= 15 is 0 Å². The van der Waals surface area contributed by atoms with Gasteiger partial charge in [-0.05, 0) is 19.1 Å². The zero-order chi connectivity index (χ0) is 14.5. The lowest BCUT2D eigenvalue weighted by Crippen LogP contribution is -2.38. The van der Waals surface area contributed by atoms with Crippen LogP contribution in [-0.4, -0.2) is 40.1 Å². The number of likely N-dealkylation sites (N-methyl/N-ethyl adjacent to an activating group) is 1. The van der Waals surface area contributed by atoms with Gasteiger partial charge in [-0.1, -0.05) is 18.2 Å². The van der Waals surface area contributed by atoms with Gasteiger partial charge in [-0.3, -0.25) is 9.78 Å². The summed E-state index contributed by atoms with van der Waals surface area (Å²) >= 11 is 0. The maximum Gasteiger partial charge on any atom is 0.323 e. The first kappa shape index (κ1) is 13.8. The average molecular weight is 273 g/mol. The molecule has 1 aromatic heterocycles. The van der Waals surface area contributed by atoms with E-state index in [1.807, 2.05) is 24.3 Å². The van der Waals surface area contributed by atoms with Gasteiger partial charge in [-0.15, -0.1) is 0 Å². The van der Waals surface area contributed by atoms with E-state index in [0.29, 0.717) is 12.2 Å². The van der Waals surface area contributed by atoms with Crippen molar-refractivity contribution in [1.29, 1.82) is 0 Å². The lowest BCUT2D eigenvalue weighted by Gasteiger charge is -2.19. The van der Waals surface area contributed by atoms with Crippen molar-refractivity contribution in [2.24, 2.45) is 0 Å². The van der Waals surface area contributed by atoms with Crippen LogP contribution >= 0.6 is 0 Å². The minimum Gasteiger partial charge on any atom is -0.480 e. The number of rotatable bonds is 4. The molecule has 0 aliphatic rings. The Morgan fingerprint density at radius 2 is 2.10 bits per heavy atom. The van der Waals surface area contributed by atoms with E-state index in [-0.39, 0.29) is 6.54 Å². The topological polar surface area (TPSA) is 82.5 Å². The Kier molecular flexibility index (Phi) is 4.14. The normalized spacial score (nSPS) is 10.2. The molecule has 0 aliphatic heterocycles. The molecular formula is C14H15N3O3. The van der Waals surface area contributed by atoms with Crippen LogP contribution in [0.1, 0.15) is 6.92 Å². The number of nitrogens with one attached hydrogen (secondary N) is 1. The number of para-hydroxylation sites is 1. The van der Waals surface area contributed by atoms with Crippen LogP contribution in [0.25, 0.3) is 10.9 Å². The largest absolute Gasteiger partial charge is 0.480 e. The molecule has 0 saturated heterocycles. The predicted octanol–water partition coefficient (Wildman–Crippen LogP) is 2.17. The van der Waals surface area contributed by atoms with Crippen LogP contribution in [0.5, 0.6) is 0 Å². The molecule has 0 atom stereocenters. The van der Waals surface area contributed by atoms with E-state index < -0.39 is 12.0 Å². The van der Waals surface area contributed by atoms with Crippen molar-refractivity contribution < 1.29 is 14.7 Å². The van der Waals surface area contributed by atoms with Crippen molar-refractivity contribution in [2.75, 3.05) is 18.4 Å². The van der Waals surface area contributed by atoms with Gasteiger partial charge in [0, 0.05) is 11.9 Å². The molecule has 6 heteroatoms. The van der Waals surface area contributed by atoms with E-state index in [1.165, 1.54) is 4.90 Å². The summed E-state index contributed by atoms with van der Waals surface area (Å²) in [5.74, 6) is -1.04. The van der Waals surface area contributed by atoms with E-state index in [9.17, 15) is 9.59 Å². The second-order valence-corrected chi connectivity index (χ2v) is 4.25. The number of aliphatic carboxylic acids is 1. The molecule has 2 rings (SSSR count). The molecule has 0 bridgehead atoms. The number of hydrogen-bond acceptors (Lipinski definition) is 3. The van der Waals surface area contributed by atoms with Crippen LogP contribution in [-0.2, 0) is 4.79 Å². The number of carbonyl (C=O) groups is 2. The molecule has 2 aromatic rings. The number of carboxylic acid groups (broad SMARTS) is 1. The summed E-state index contributed by atoms with van der Waals surface area (Å²) in [7, 11) is 0. The van der Waals surface area contributed by atoms with Crippen molar-refractivity contribution >= 4 is 28.6 Å². The minimum absolute atomic E-state index is 0.319. The highest BCUT2D eigenvalue weighted by Crippen LogP contribution is 2.16. The Bertz CT molecular complexity index is 642. The number of anilines is 1. The fourth-order valence-corrected chi connectivity index (χ4v) is 1.83. The summed E-state index contributed by atoms with van der Waals surface area (Å²) in [5, 5.41) is 12.3. The predicted molar refractivity (Wildman–Crippen MR) is 75.6 cm³/mol. The molecule has 2 N–H and O–H groups in total. The Labute approximate surface area is 116 Å². The van der Waals surface area contributed by atoms with Gasteiger partial charge in [0.2, 0.25) is 0 Å². The number of carboxylic acids is 1. The first-order valence-corrected chi connectivity index (χ1v) is 6.22. The lowest BCUT2D eigenvalue weighted by atomic mass is 10.2. The van der Waals surface area contributed by atoms with Gasteiger partial charge < -0.3 is 15.3 Å². The summed E-state index contributed by atoms with van der Waals surface area (Å²) in [6.45, 7) is 1.71. The molecule has 104 valence electrons. The minimum atomic E-state index is -1.04. The monoisotopic (exact) mass is 273 g/mol. The number of nitrogens with zero attached hydrogens (tertiary/aromatic N) is 2. The van der Waals surface area contributed by atoms with E-state index in [2.05, 4.69) is 10.3 Å². The quantitative estimate of drug-likeness (QED) is 0.894. The van der Waals surface area contributed by atoms with E-state index in [1.54, 1.807) is 19.2 Å². The van der Waals surface area contributed by atoms with Crippen LogP contribution in [0.15, 0.2) is 36.5 Å². The molecule has 2 amide bonds. The van der Waals surface area contributed by atoms with Gasteiger partial charge in [0.1, 0.15) is 6.54 Å². The van der Waals surface area contributed by atoms with Gasteiger partial charge in [-0.2, -0.15) is 0 Å². The number of urea groups is 1. The zero-order valence-electron chi connectivity index (χ0n) is 11.0. The highest BCUT2D eigenvalue weighted by atomic mass is 16.4. The zero-order valence-corrected chi connectivity index (χ0v) is 11.0. The Hall–Kier alpha value is -2.63. The van der Waals surface area contributed by atoms with E-state index in [4.69, 9.17) is 5.11 Å². The Morgan fingerprint density at radius 1 is 1.35 bits per heavy atom. The lowest BCUT2D eigenvalue weighted by molar-refractivity contribution is -0.137. The third-order valence-corrected chi connectivity index (χ3v) is 2.84. The molecule has 0 saturated carbocycles. The number of aromatic nitrogens is 1. The van der Waals surface area contributed by atoms with Crippen LogP contribution in [0.2, 0.25) is 0 Å². The molecular weight excluding hydrogens is 258 g/mol. The van der Waals surface area contributed by atoms with Crippen molar-refractivity contribution in [2.45, 2.75) is 6.92 Å². The molecule has 6 nitrogen and oxygen atoms in total. The fourth-order valence-electron chi connectivity index (χ4n) is 1.83. The highest BCUT2D eigenvalue weighted by Gasteiger charge is 2.15. The number of hydrogen-bond donors (Lipinski definition) is 2. The van der Waals surface area contributed by atoms with Crippen LogP contribution in [0, 0.1) is 0 Å². The SMILES string of the molecule is CCN(CC(=O)O)C(=O)Nc1cnc2ccccc2c1. The van der Waals surface area contributed by atoms with Crippen LogP contribution in [0.4, 0.5) is 10.5 Å². The van der Waals surface area contributed by atoms with Gasteiger partial charge in [0.05, 0.1) is 17.4 Å². The first-order valence-electron chi connectivity index (χ1n) is 6.22.